The molecule has 0 radical (unpaired) electrons. The molecule has 0 fully saturated rings. The predicted octanol–water partition coefficient (Wildman–Crippen LogP) is 5.59. The number of carbonyl (C=O) groups is 1. The standard InChI is InChI=1S/C22H24N2O.C3H7NO2/c1-3-4-6-11-20(18-9-7-5-8-10-18)16-21-23-24-22(25-21)19-14-12-17(2)13-15-19;4-2-1-3(5)6/h5,7-10,12-16H,3-4,6,11H2,1-2H3;1-2,4H2,(H,5,6)/b20-16-;. The van der Waals surface area contributed by atoms with Gasteiger partial charge in [-0.15, -0.1) is 10.2 Å². The van der Waals surface area contributed by atoms with Crippen LogP contribution in [0.4, 0.5) is 0 Å². The smallest absolute Gasteiger partial charge is 0.304 e. The van der Waals surface area contributed by atoms with E-state index < -0.39 is 5.97 Å². The molecule has 1 aromatic heterocycles. The molecule has 31 heavy (non-hydrogen) atoms. The minimum absolute atomic E-state index is 0.0694. The van der Waals surface area contributed by atoms with Gasteiger partial charge in [-0.25, -0.2) is 0 Å². The summed E-state index contributed by atoms with van der Waals surface area (Å²) in [4.78, 5) is 9.52. The monoisotopic (exact) mass is 421 g/mol. The molecule has 0 spiro atoms. The van der Waals surface area contributed by atoms with Crippen LogP contribution in [0.5, 0.6) is 0 Å². The number of carboxylic acid groups (broad SMARTS) is 1. The minimum Gasteiger partial charge on any atom is -0.481 e. The van der Waals surface area contributed by atoms with Crippen molar-refractivity contribution in [1.29, 1.82) is 0 Å². The van der Waals surface area contributed by atoms with E-state index in [1.807, 2.05) is 24.3 Å². The van der Waals surface area contributed by atoms with E-state index in [0.29, 0.717) is 11.8 Å². The topological polar surface area (TPSA) is 102 Å². The lowest BCUT2D eigenvalue weighted by Crippen LogP contribution is -2.05. The summed E-state index contributed by atoms with van der Waals surface area (Å²) in [5, 5.41) is 16.2. The number of aromatic nitrogens is 2. The van der Waals surface area contributed by atoms with E-state index in [2.05, 4.69) is 60.4 Å². The van der Waals surface area contributed by atoms with Gasteiger partial charge >= 0.3 is 5.97 Å². The lowest BCUT2D eigenvalue weighted by Gasteiger charge is -2.06. The number of carboxylic acids is 1. The molecule has 6 nitrogen and oxygen atoms in total. The Hall–Kier alpha value is -3.25. The third-order valence-corrected chi connectivity index (χ3v) is 4.59. The molecule has 0 aliphatic rings. The summed E-state index contributed by atoms with van der Waals surface area (Å²) in [6, 6.07) is 18.6. The van der Waals surface area contributed by atoms with Gasteiger partial charge < -0.3 is 15.3 Å². The molecule has 2 aromatic carbocycles. The zero-order valence-electron chi connectivity index (χ0n) is 18.3. The minimum atomic E-state index is -0.836. The van der Waals surface area contributed by atoms with Gasteiger partial charge in [-0.2, -0.15) is 0 Å². The third kappa shape index (κ3) is 8.56. The third-order valence-electron chi connectivity index (χ3n) is 4.59. The van der Waals surface area contributed by atoms with Crippen LogP contribution in [0.15, 0.2) is 59.0 Å². The second-order valence-corrected chi connectivity index (χ2v) is 7.24. The van der Waals surface area contributed by atoms with Crippen LogP contribution in [0, 0.1) is 6.92 Å². The van der Waals surface area contributed by atoms with Gasteiger partial charge in [0.05, 0.1) is 6.42 Å². The number of hydrogen-bond acceptors (Lipinski definition) is 5. The Kier molecular flexibility index (Phi) is 10.2. The van der Waals surface area contributed by atoms with Crippen LogP contribution in [0.25, 0.3) is 23.1 Å². The second kappa shape index (κ2) is 13.1. The van der Waals surface area contributed by atoms with Crippen LogP contribution < -0.4 is 5.73 Å². The fourth-order valence-corrected chi connectivity index (χ4v) is 2.90. The number of nitrogens with two attached hydrogens (primary N) is 1. The molecule has 0 bridgehead atoms. The van der Waals surface area contributed by atoms with Gasteiger partial charge in [0.15, 0.2) is 0 Å². The van der Waals surface area contributed by atoms with Crippen LogP contribution >= 0.6 is 0 Å². The zero-order valence-corrected chi connectivity index (χ0v) is 18.3. The molecule has 3 aromatic rings. The van der Waals surface area contributed by atoms with Crippen LogP contribution in [0.3, 0.4) is 0 Å². The van der Waals surface area contributed by atoms with Gasteiger partial charge in [0, 0.05) is 18.2 Å². The van der Waals surface area contributed by atoms with Crippen molar-refractivity contribution in [3.63, 3.8) is 0 Å². The van der Waals surface area contributed by atoms with Gasteiger partial charge in [-0.3, -0.25) is 4.79 Å². The van der Waals surface area contributed by atoms with Gasteiger partial charge in [-0.1, -0.05) is 67.8 Å². The van der Waals surface area contributed by atoms with E-state index in [1.54, 1.807) is 0 Å². The molecule has 1 heterocycles. The zero-order chi connectivity index (χ0) is 22.5. The molecular formula is C25H31N3O3. The van der Waals surface area contributed by atoms with Crippen molar-refractivity contribution in [2.45, 2.75) is 46.0 Å². The van der Waals surface area contributed by atoms with Gasteiger partial charge in [0.1, 0.15) is 0 Å². The average molecular weight is 422 g/mol. The van der Waals surface area contributed by atoms with E-state index in [1.165, 1.54) is 29.5 Å². The van der Waals surface area contributed by atoms with Crippen LogP contribution in [-0.2, 0) is 4.79 Å². The highest BCUT2D eigenvalue weighted by atomic mass is 16.4. The normalized spacial score (nSPS) is 11.0. The predicted molar refractivity (Wildman–Crippen MR) is 124 cm³/mol. The molecule has 3 N–H and O–H groups in total. The number of benzene rings is 2. The Balaban J connectivity index is 0.000000501. The molecule has 6 heteroatoms. The number of allylic oxidation sites excluding steroid dienone is 1. The summed E-state index contributed by atoms with van der Waals surface area (Å²) in [5.41, 5.74) is 9.47. The van der Waals surface area contributed by atoms with Gasteiger partial charge in [0.25, 0.3) is 0 Å². The van der Waals surface area contributed by atoms with Crippen molar-refractivity contribution in [3.05, 3.63) is 71.6 Å². The Labute approximate surface area is 183 Å². The number of hydrogen-bond donors (Lipinski definition) is 2. The van der Waals surface area contributed by atoms with Crippen LogP contribution in [0.1, 0.15) is 56.0 Å². The molecule has 164 valence electrons. The lowest BCUT2D eigenvalue weighted by atomic mass is 9.99. The molecule has 3 rings (SSSR count). The quantitative estimate of drug-likeness (QED) is 0.437. The van der Waals surface area contributed by atoms with Crippen molar-refractivity contribution in [3.8, 4) is 11.5 Å². The van der Waals surface area contributed by atoms with Crippen molar-refractivity contribution in [2.24, 2.45) is 5.73 Å². The molecule has 0 saturated carbocycles. The van der Waals surface area contributed by atoms with Crippen LogP contribution in [-0.4, -0.2) is 27.8 Å². The highest BCUT2D eigenvalue weighted by Gasteiger charge is 2.09. The summed E-state index contributed by atoms with van der Waals surface area (Å²) in [6.07, 6.45) is 6.70. The Bertz CT molecular complexity index is 948. The molecular weight excluding hydrogens is 390 g/mol. The maximum Gasteiger partial charge on any atom is 0.304 e. The molecule has 0 aliphatic heterocycles. The Morgan fingerprint density at radius 3 is 2.32 bits per heavy atom. The summed E-state index contributed by atoms with van der Waals surface area (Å²) in [5.74, 6) is 0.288. The van der Waals surface area contributed by atoms with Crippen molar-refractivity contribution >= 4 is 17.6 Å². The SMILES string of the molecule is CCCCC/C(=C/c1nnc(-c2ccc(C)cc2)o1)c1ccccc1.NCCC(=O)O. The van der Waals surface area contributed by atoms with Gasteiger partial charge in [0.2, 0.25) is 11.8 Å². The summed E-state index contributed by atoms with van der Waals surface area (Å²) in [6.45, 7) is 4.52. The molecule has 0 amide bonds. The number of aryl methyl sites for hydroxylation is 1. The van der Waals surface area contributed by atoms with E-state index in [9.17, 15) is 4.79 Å². The average Bonchev–Trinajstić information content (AvgIpc) is 3.23. The maximum atomic E-state index is 9.52. The summed E-state index contributed by atoms with van der Waals surface area (Å²) < 4.78 is 5.87. The lowest BCUT2D eigenvalue weighted by molar-refractivity contribution is -0.136. The highest BCUT2D eigenvalue weighted by molar-refractivity contribution is 5.79. The fourth-order valence-electron chi connectivity index (χ4n) is 2.90. The van der Waals surface area contributed by atoms with E-state index in [-0.39, 0.29) is 13.0 Å². The number of rotatable bonds is 9. The molecule has 0 unspecified atom stereocenters. The van der Waals surface area contributed by atoms with Crippen molar-refractivity contribution < 1.29 is 14.3 Å². The first-order valence-electron chi connectivity index (χ1n) is 10.6. The first-order valence-corrected chi connectivity index (χ1v) is 10.6. The first-order chi connectivity index (χ1) is 15.0. The Morgan fingerprint density at radius 1 is 1.03 bits per heavy atom. The largest absolute Gasteiger partial charge is 0.481 e. The Morgan fingerprint density at radius 2 is 1.74 bits per heavy atom. The summed E-state index contributed by atoms with van der Waals surface area (Å²) >= 11 is 0. The van der Waals surface area contributed by atoms with E-state index >= 15 is 0 Å². The van der Waals surface area contributed by atoms with Crippen LogP contribution in [0.2, 0.25) is 0 Å². The van der Waals surface area contributed by atoms with Gasteiger partial charge in [-0.05, 0) is 43.0 Å². The number of unbranched alkanes of at least 4 members (excludes halogenated alkanes) is 2. The second-order valence-electron chi connectivity index (χ2n) is 7.24. The summed E-state index contributed by atoms with van der Waals surface area (Å²) in [7, 11) is 0. The van der Waals surface area contributed by atoms with Crippen molar-refractivity contribution in [1.82, 2.24) is 10.2 Å². The molecule has 0 atom stereocenters. The van der Waals surface area contributed by atoms with Crippen molar-refractivity contribution in [2.75, 3.05) is 6.54 Å². The highest BCUT2D eigenvalue weighted by Crippen LogP contribution is 2.25. The maximum absolute atomic E-state index is 9.52. The van der Waals surface area contributed by atoms with E-state index in [4.69, 9.17) is 15.3 Å². The van der Waals surface area contributed by atoms with E-state index in [0.717, 1.165) is 18.4 Å². The first kappa shape index (κ1) is 24.0. The molecule has 0 saturated heterocycles. The fraction of sp³-hybridized carbons (Fsp3) is 0.320. The number of aliphatic carboxylic acids is 1. The molecule has 0 aliphatic carbocycles. The number of nitrogens with zero attached hydrogens (tertiary/aromatic N) is 2.